The lowest BCUT2D eigenvalue weighted by molar-refractivity contribution is -0.175. The Kier molecular flexibility index (Phi) is 9.36. The number of benzene rings is 2. The van der Waals surface area contributed by atoms with Crippen molar-refractivity contribution in [3.63, 3.8) is 0 Å². The molecular weight excluding hydrogens is 518 g/mol. The summed E-state index contributed by atoms with van der Waals surface area (Å²) in [7, 11) is 0. The van der Waals surface area contributed by atoms with Crippen LogP contribution in [-0.2, 0) is 27.0 Å². The standard InChI is InChI=1S/C25H26F6N4O3/c26-24(27,28)18-9-4-5-10-19(18)32-21(36)16-34-11-6-12-35(14-13-34)22(37)20(33-23(38)25(29,30)31)15-17-7-2-1-3-8-17/h1-5,7-10,20H,6,11-16H2,(H,32,36)(H,33,38). The molecule has 1 fully saturated rings. The first kappa shape index (κ1) is 29.0. The molecule has 7 nitrogen and oxygen atoms in total. The maximum atomic E-state index is 13.2. The van der Waals surface area contributed by atoms with Crippen molar-refractivity contribution >= 4 is 23.4 Å². The number of hydrogen-bond acceptors (Lipinski definition) is 4. The van der Waals surface area contributed by atoms with E-state index in [0.717, 1.165) is 12.1 Å². The molecule has 1 heterocycles. The molecule has 1 saturated heterocycles. The molecular formula is C25H26F6N4O3. The van der Waals surface area contributed by atoms with Crippen molar-refractivity contribution in [2.75, 3.05) is 38.0 Å². The molecule has 13 heteroatoms. The fraction of sp³-hybridized carbons (Fsp3) is 0.400. The fourth-order valence-electron chi connectivity index (χ4n) is 4.09. The van der Waals surface area contributed by atoms with Crippen LogP contribution in [0.3, 0.4) is 0 Å². The molecule has 38 heavy (non-hydrogen) atoms. The number of anilines is 1. The Hall–Kier alpha value is -3.61. The minimum absolute atomic E-state index is 0.0540. The molecule has 2 aromatic carbocycles. The van der Waals surface area contributed by atoms with Crippen molar-refractivity contribution in [3.8, 4) is 0 Å². The van der Waals surface area contributed by atoms with Gasteiger partial charge in [-0.3, -0.25) is 19.3 Å². The van der Waals surface area contributed by atoms with Crippen LogP contribution in [0.2, 0.25) is 0 Å². The highest BCUT2D eigenvalue weighted by Gasteiger charge is 2.41. The van der Waals surface area contributed by atoms with Crippen LogP contribution >= 0.6 is 0 Å². The first-order valence-electron chi connectivity index (χ1n) is 11.7. The minimum atomic E-state index is -5.16. The maximum Gasteiger partial charge on any atom is 0.471 e. The minimum Gasteiger partial charge on any atom is -0.340 e. The van der Waals surface area contributed by atoms with E-state index in [2.05, 4.69) is 5.32 Å². The van der Waals surface area contributed by atoms with Gasteiger partial charge in [-0.05, 0) is 24.1 Å². The molecule has 0 aromatic heterocycles. The van der Waals surface area contributed by atoms with Crippen LogP contribution in [0.25, 0.3) is 0 Å². The van der Waals surface area contributed by atoms with Gasteiger partial charge in [0.25, 0.3) is 0 Å². The lowest BCUT2D eigenvalue weighted by atomic mass is 10.0. The largest absolute Gasteiger partial charge is 0.471 e. The van der Waals surface area contributed by atoms with Gasteiger partial charge < -0.3 is 15.5 Å². The maximum absolute atomic E-state index is 13.2. The zero-order valence-corrected chi connectivity index (χ0v) is 20.1. The topological polar surface area (TPSA) is 81.8 Å². The lowest BCUT2D eigenvalue weighted by Gasteiger charge is -2.27. The van der Waals surface area contributed by atoms with Gasteiger partial charge in [0.05, 0.1) is 17.8 Å². The molecule has 1 atom stereocenters. The summed E-state index contributed by atoms with van der Waals surface area (Å²) in [5, 5.41) is 4.05. The van der Waals surface area contributed by atoms with E-state index in [1.807, 2.05) is 0 Å². The molecule has 206 valence electrons. The van der Waals surface area contributed by atoms with Gasteiger partial charge in [-0.25, -0.2) is 0 Å². The van der Waals surface area contributed by atoms with Gasteiger partial charge in [-0.15, -0.1) is 0 Å². The first-order chi connectivity index (χ1) is 17.8. The Morgan fingerprint density at radius 1 is 0.842 bits per heavy atom. The first-order valence-corrected chi connectivity index (χ1v) is 11.7. The number of halogens is 6. The van der Waals surface area contributed by atoms with Crippen LogP contribution in [0.15, 0.2) is 54.6 Å². The monoisotopic (exact) mass is 544 g/mol. The van der Waals surface area contributed by atoms with Crippen LogP contribution < -0.4 is 10.6 Å². The SMILES string of the molecule is O=C(CN1CCCN(C(=O)C(Cc2ccccc2)NC(=O)C(F)(F)F)CC1)Nc1ccccc1C(F)(F)F. The number of carbonyl (C=O) groups is 3. The average molecular weight is 544 g/mol. The highest BCUT2D eigenvalue weighted by atomic mass is 19.4. The van der Waals surface area contributed by atoms with Crippen molar-refractivity contribution in [2.24, 2.45) is 0 Å². The summed E-state index contributed by atoms with van der Waals surface area (Å²) in [6, 6.07) is 11.4. The summed E-state index contributed by atoms with van der Waals surface area (Å²) >= 11 is 0. The number of carbonyl (C=O) groups excluding carboxylic acids is 3. The lowest BCUT2D eigenvalue weighted by Crippen LogP contribution is -2.53. The van der Waals surface area contributed by atoms with E-state index in [1.54, 1.807) is 40.5 Å². The molecule has 0 spiro atoms. The van der Waals surface area contributed by atoms with E-state index in [9.17, 15) is 40.7 Å². The van der Waals surface area contributed by atoms with Gasteiger partial charge in [0, 0.05) is 32.6 Å². The zero-order valence-electron chi connectivity index (χ0n) is 20.1. The third-order valence-corrected chi connectivity index (χ3v) is 5.92. The van der Waals surface area contributed by atoms with E-state index >= 15 is 0 Å². The summed E-state index contributed by atoms with van der Waals surface area (Å²) in [5.41, 5.74) is -0.798. The molecule has 0 bridgehead atoms. The third-order valence-electron chi connectivity index (χ3n) is 5.92. The molecule has 0 aliphatic carbocycles. The molecule has 2 N–H and O–H groups in total. The van der Waals surface area contributed by atoms with E-state index in [1.165, 1.54) is 17.0 Å². The molecule has 1 unspecified atom stereocenters. The Morgan fingerprint density at radius 2 is 1.50 bits per heavy atom. The van der Waals surface area contributed by atoms with Gasteiger partial charge in [-0.1, -0.05) is 42.5 Å². The van der Waals surface area contributed by atoms with E-state index in [0.29, 0.717) is 18.5 Å². The predicted octanol–water partition coefficient (Wildman–Crippen LogP) is 3.47. The van der Waals surface area contributed by atoms with Crippen LogP contribution in [0.1, 0.15) is 17.5 Å². The number of alkyl halides is 6. The van der Waals surface area contributed by atoms with Gasteiger partial charge in [0.2, 0.25) is 11.8 Å². The second kappa shape index (κ2) is 12.3. The van der Waals surface area contributed by atoms with E-state index in [4.69, 9.17) is 0 Å². The molecule has 2 aromatic rings. The summed E-state index contributed by atoms with van der Waals surface area (Å²) < 4.78 is 78.3. The quantitative estimate of drug-likeness (QED) is 0.524. The smallest absolute Gasteiger partial charge is 0.340 e. The van der Waals surface area contributed by atoms with Crippen molar-refractivity contribution in [3.05, 3.63) is 65.7 Å². The van der Waals surface area contributed by atoms with Gasteiger partial charge in [0.15, 0.2) is 0 Å². The van der Waals surface area contributed by atoms with E-state index in [-0.39, 0.29) is 38.3 Å². The Morgan fingerprint density at radius 3 is 2.16 bits per heavy atom. The summed E-state index contributed by atoms with van der Waals surface area (Å²) in [4.78, 5) is 40.2. The Labute approximate surface area is 214 Å². The van der Waals surface area contributed by atoms with Crippen LogP contribution in [-0.4, -0.2) is 72.5 Å². The third kappa shape index (κ3) is 8.20. The molecule has 3 amide bonds. The summed E-state index contributed by atoms with van der Waals surface area (Å²) in [5.74, 6) is -3.60. The Bertz CT molecular complexity index is 1120. The second-order valence-corrected chi connectivity index (χ2v) is 8.76. The van der Waals surface area contributed by atoms with Gasteiger partial charge in [-0.2, -0.15) is 26.3 Å². The van der Waals surface area contributed by atoms with Crippen molar-refractivity contribution in [1.82, 2.24) is 15.1 Å². The molecule has 1 aliphatic rings. The molecule has 0 saturated carbocycles. The molecule has 0 radical (unpaired) electrons. The number of para-hydroxylation sites is 1. The van der Waals surface area contributed by atoms with Crippen LogP contribution in [0.5, 0.6) is 0 Å². The summed E-state index contributed by atoms with van der Waals surface area (Å²) in [6.07, 6.45) is -9.60. The highest BCUT2D eigenvalue weighted by molar-refractivity contribution is 5.93. The van der Waals surface area contributed by atoms with Crippen molar-refractivity contribution in [2.45, 2.75) is 31.2 Å². The second-order valence-electron chi connectivity index (χ2n) is 8.76. The fourth-order valence-corrected chi connectivity index (χ4v) is 4.09. The number of nitrogens with zero attached hydrogens (tertiary/aromatic N) is 2. The van der Waals surface area contributed by atoms with Crippen LogP contribution in [0.4, 0.5) is 32.0 Å². The average Bonchev–Trinajstić information content (AvgIpc) is 3.08. The zero-order chi connectivity index (χ0) is 27.9. The highest BCUT2D eigenvalue weighted by Crippen LogP contribution is 2.34. The number of nitrogens with one attached hydrogen (secondary N) is 2. The number of amides is 3. The van der Waals surface area contributed by atoms with Crippen molar-refractivity contribution in [1.29, 1.82) is 0 Å². The molecule has 3 rings (SSSR count). The van der Waals surface area contributed by atoms with Gasteiger partial charge >= 0.3 is 18.3 Å². The summed E-state index contributed by atoms with van der Waals surface area (Å²) in [6.45, 7) is 0.466. The molecule has 1 aliphatic heterocycles. The Balaban J connectivity index is 1.63. The van der Waals surface area contributed by atoms with Crippen LogP contribution in [0, 0.1) is 0 Å². The normalized spacial score (nSPS) is 15.9. The predicted molar refractivity (Wildman–Crippen MR) is 126 cm³/mol. The van der Waals surface area contributed by atoms with Gasteiger partial charge in [0.1, 0.15) is 6.04 Å². The number of rotatable bonds is 7. The number of hydrogen-bond donors (Lipinski definition) is 2. The van der Waals surface area contributed by atoms with Crippen molar-refractivity contribution < 1.29 is 40.7 Å². The van der Waals surface area contributed by atoms with E-state index < -0.39 is 41.7 Å².